The average molecular weight is 239 g/mol. The van der Waals surface area contributed by atoms with Gasteiger partial charge in [0, 0.05) is 18.7 Å². The molecule has 0 bridgehead atoms. The molecule has 94 valence electrons. The van der Waals surface area contributed by atoms with E-state index < -0.39 is 5.97 Å². The van der Waals surface area contributed by atoms with Crippen molar-refractivity contribution >= 4 is 11.9 Å². The van der Waals surface area contributed by atoms with E-state index in [1.165, 1.54) is 6.07 Å². The first kappa shape index (κ1) is 13.3. The first-order chi connectivity index (χ1) is 8.01. The molecule has 1 amide bonds. The van der Waals surface area contributed by atoms with Crippen LogP contribution in [0.3, 0.4) is 0 Å². The second-order valence-electron chi connectivity index (χ2n) is 3.85. The third-order valence-electron chi connectivity index (χ3n) is 2.78. The lowest BCUT2D eigenvalue weighted by molar-refractivity contribution is 0.0664. The smallest absolute Gasteiger partial charge is 0.338 e. The van der Waals surface area contributed by atoms with Crippen LogP contribution in [-0.2, 0) is 0 Å². The SMILES string of the molecule is CCC(C)N(CC)C(=O)c1cc(C(=O)O)co1. The van der Waals surface area contributed by atoms with Crippen molar-refractivity contribution in [3.63, 3.8) is 0 Å². The molecule has 0 fully saturated rings. The van der Waals surface area contributed by atoms with Crippen molar-refractivity contribution in [3.8, 4) is 0 Å². The summed E-state index contributed by atoms with van der Waals surface area (Å²) in [5, 5.41) is 8.75. The van der Waals surface area contributed by atoms with Crippen LogP contribution in [0.25, 0.3) is 0 Å². The summed E-state index contributed by atoms with van der Waals surface area (Å²) in [6.07, 6.45) is 1.92. The molecule has 0 spiro atoms. The minimum Gasteiger partial charge on any atom is -0.478 e. The van der Waals surface area contributed by atoms with Crippen LogP contribution in [0.5, 0.6) is 0 Å². The Morgan fingerprint density at radius 3 is 2.53 bits per heavy atom. The number of furan rings is 1. The van der Waals surface area contributed by atoms with Crippen LogP contribution >= 0.6 is 0 Å². The largest absolute Gasteiger partial charge is 0.478 e. The highest BCUT2D eigenvalue weighted by molar-refractivity contribution is 5.95. The molecule has 0 aromatic carbocycles. The topological polar surface area (TPSA) is 70.8 Å². The zero-order valence-corrected chi connectivity index (χ0v) is 10.3. The summed E-state index contributed by atoms with van der Waals surface area (Å²) in [5.74, 6) is -1.29. The second-order valence-corrected chi connectivity index (χ2v) is 3.85. The van der Waals surface area contributed by atoms with Crippen molar-refractivity contribution in [2.75, 3.05) is 6.54 Å². The Kier molecular flexibility index (Phi) is 4.31. The molecule has 1 aromatic rings. The molecule has 1 heterocycles. The summed E-state index contributed by atoms with van der Waals surface area (Å²) in [4.78, 5) is 24.4. The van der Waals surface area contributed by atoms with E-state index in [4.69, 9.17) is 9.52 Å². The van der Waals surface area contributed by atoms with E-state index in [1.807, 2.05) is 20.8 Å². The van der Waals surface area contributed by atoms with Gasteiger partial charge in [-0.3, -0.25) is 4.79 Å². The van der Waals surface area contributed by atoms with Crippen molar-refractivity contribution in [2.24, 2.45) is 0 Å². The molecule has 1 atom stereocenters. The molecule has 1 N–H and O–H groups in total. The van der Waals surface area contributed by atoms with Crippen molar-refractivity contribution in [1.82, 2.24) is 4.90 Å². The average Bonchev–Trinajstić information content (AvgIpc) is 2.78. The first-order valence-electron chi connectivity index (χ1n) is 5.64. The number of carboxylic acid groups (broad SMARTS) is 1. The molecule has 1 rings (SSSR count). The standard InChI is InChI=1S/C12H17NO4/c1-4-8(3)13(5-2)11(14)10-6-9(7-17-10)12(15)16/h6-8H,4-5H2,1-3H3,(H,15,16). The normalized spacial score (nSPS) is 12.2. The monoisotopic (exact) mass is 239 g/mol. The molecule has 0 saturated heterocycles. The van der Waals surface area contributed by atoms with Gasteiger partial charge in [0.05, 0.1) is 5.56 Å². The fourth-order valence-electron chi connectivity index (χ4n) is 1.58. The molecule has 0 aliphatic rings. The number of hydrogen-bond acceptors (Lipinski definition) is 3. The predicted octanol–water partition coefficient (Wildman–Crippen LogP) is 2.24. The Balaban J connectivity index is 2.90. The fourth-order valence-corrected chi connectivity index (χ4v) is 1.58. The van der Waals surface area contributed by atoms with Gasteiger partial charge in [0.25, 0.3) is 5.91 Å². The third-order valence-corrected chi connectivity index (χ3v) is 2.78. The van der Waals surface area contributed by atoms with Crippen LogP contribution in [-0.4, -0.2) is 34.5 Å². The van der Waals surface area contributed by atoms with E-state index >= 15 is 0 Å². The zero-order valence-electron chi connectivity index (χ0n) is 10.3. The number of nitrogens with zero attached hydrogens (tertiary/aromatic N) is 1. The van der Waals surface area contributed by atoms with Crippen LogP contribution in [0.1, 0.15) is 48.1 Å². The van der Waals surface area contributed by atoms with E-state index in [0.29, 0.717) is 6.54 Å². The van der Waals surface area contributed by atoms with Crippen molar-refractivity contribution < 1.29 is 19.1 Å². The number of carbonyl (C=O) groups is 2. The van der Waals surface area contributed by atoms with Gasteiger partial charge in [-0.25, -0.2) is 4.79 Å². The van der Waals surface area contributed by atoms with Crippen LogP contribution < -0.4 is 0 Å². The Hall–Kier alpha value is -1.78. The van der Waals surface area contributed by atoms with E-state index in [-0.39, 0.29) is 23.3 Å². The first-order valence-corrected chi connectivity index (χ1v) is 5.64. The predicted molar refractivity (Wildman–Crippen MR) is 62.1 cm³/mol. The van der Waals surface area contributed by atoms with Crippen molar-refractivity contribution in [3.05, 3.63) is 23.7 Å². The highest BCUT2D eigenvalue weighted by Crippen LogP contribution is 2.13. The highest BCUT2D eigenvalue weighted by Gasteiger charge is 2.22. The number of amides is 1. The van der Waals surface area contributed by atoms with Gasteiger partial charge in [0.15, 0.2) is 5.76 Å². The van der Waals surface area contributed by atoms with Crippen molar-refractivity contribution in [1.29, 1.82) is 0 Å². The summed E-state index contributed by atoms with van der Waals surface area (Å²) in [5.41, 5.74) is -0.00597. The lowest BCUT2D eigenvalue weighted by atomic mass is 10.2. The van der Waals surface area contributed by atoms with Crippen LogP contribution in [0.4, 0.5) is 0 Å². The molecule has 0 aliphatic carbocycles. The molecular formula is C12H17NO4. The number of aromatic carboxylic acids is 1. The number of hydrogen-bond donors (Lipinski definition) is 1. The van der Waals surface area contributed by atoms with E-state index in [9.17, 15) is 9.59 Å². The minimum absolute atomic E-state index is 0.00597. The molecule has 5 nitrogen and oxygen atoms in total. The van der Waals surface area contributed by atoms with Crippen molar-refractivity contribution in [2.45, 2.75) is 33.2 Å². The quantitative estimate of drug-likeness (QED) is 0.855. The van der Waals surface area contributed by atoms with Gasteiger partial charge < -0.3 is 14.4 Å². The van der Waals surface area contributed by atoms with Crippen LogP contribution in [0, 0.1) is 0 Å². The summed E-state index contributed by atoms with van der Waals surface area (Å²) in [7, 11) is 0. The Morgan fingerprint density at radius 2 is 2.12 bits per heavy atom. The van der Waals surface area contributed by atoms with Gasteiger partial charge in [-0.2, -0.15) is 0 Å². The van der Waals surface area contributed by atoms with Gasteiger partial charge in [-0.05, 0) is 20.3 Å². The second kappa shape index (κ2) is 5.52. The van der Waals surface area contributed by atoms with E-state index in [1.54, 1.807) is 4.90 Å². The maximum Gasteiger partial charge on any atom is 0.338 e. The molecule has 5 heteroatoms. The lowest BCUT2D eigenvalue weighted by Gasteiger charge is -2.26. The minimum atomic E-state index is -1.10. The Bertz CT molecular complexity index is 410. The number of carbonyl (C=O) groups excluding carboxylic acids is 1. The molecular weight excluding hydrogens is 222 g/mol. The highest BCUT2D eigenvalue weighted by atomic mass is 16.4. The fraction of sp³-hybridized carbons (Fsp3) is 0.500. The summed E-state index contributed by atoms with van der Waals surface area (Å²) < 4.78 is 4.99. The van der Waals surface area contributed by atoms with Gasteiger partial charge in [0.2, 0.25) is 0 Å². The van der Waals surface area contributed by atoms with Gasteiger partial charge >= 0.3 is 5.97 Å². The zero-order chi connectivity index (χ0) is 13.0. The van der Waals surface area contributed by atoms with Gasteiger partial charge in [0.1, 0.15) is 6.26 Å². The molecule has 1 unspecified atom stereocenters. The number of rotatable bonds is 5. The van der Waals surface area contributed by atoms with Crippen LogP contribution in [0.2, 0.25) is 0 Å². The Labute approximate surface area is 100 Å². The molecule has 0 radical (unpaired) electrons. The van der Waals surface area contributed by atoms with Gasteiger partial charge in [-0.1, -0.05) is 6.92 Å². The molecule has 17 heavy (non-hydrogen) atoms. The molecule has 0 saturated carbocycles. The number of carboxylic acids is 1. The molecule has 1 aromatic heterocycles. The summed E-state index contributed by atoms with van der Waals surface area (Å²) in [6.45, 7) is 6.38. The summed E-state index contributed by atoms with van der Waals surface area (Å²) in [6, 6.07) is 1.36. The lowest BCUT2D eigenvalue weighted by Crippen LogP contribution is -2.37. The van der Waals surface area contributed by atoms with E-state index in [0.717, 1.165) is 12.7 Å². The third kappa shape index (κ3) is 2.87. The van der Waals surface area contributed by atoms with E-state index in [2.05, 4.69) is 0 Å². The van der Waals surface area contributed by atoms with Crippen LogP contribution in [0.15, 0.2) is 16.7 Å². The molecule has 0 aliphatic heterocycles. The van der Waals surface area contributed by atoms with Gasteiger partial charge in [-0.15, -0.1) is 0 Å². The maximum atomic E-state index is 12.1. The summed E-state index contributed by atoms with van der Waals surface area (Å²) >= 11 is 0. The Morgan fingerprint density at radius 1 is 1.47 bits per heavy atom. The maximum absolute atomic E-state index is 12.1.